The van der Waals surface area contributed by atoms with Gasteiger partial charge in [-0.25, -0.2) is 4.79 Å². The highest BCUT2D eigenvalue weighted by atomic mass is 28.4. The number of fused-ring (bicyclic) bond motifs is 3. The number of anilines is 1. The van der Waals surface area contributed by atoms with E-state index in [1.165, 1.54) is 0 Å². The van der Waals surface area contributed by atoms with Gasteiger partial charge in [0.15, 0.2) is 0 Å². The first kappa shape index (κ1) is 16.1. The molecule has 5 heteroatoms. The predicted molar refractivity (Wildman–Crippen MR) is 97.1 cm³/mol. The Bertz CT molecular complexity index is 802. The van der Waals surface area contributed by atoms with Gasteiger partial charge in [0.05, 0.1) is 0 Å². The van der Waals surface area contributed by atoms with Gasteiger partial charge in [0.1, 0.15) is 17.0 Å². The molecule has 2 heterocycles. The molecule has 0 spiro atoms. The van der Waals surface area contributed by atoms with E-state index in [1.54, 1.807) is 0 Å². The summed E-state index contributed by atoms with van der Waals surface area (Å²) in [7, 11) is -1.89. The standard InChI is InChI=1S/C18H25NO3Si/c1-18(2,3)23(4,5)22-12-8-9-15-14(11-12)13-7-6-10-19-16(13)17(20)21-15/h8-9,11,19H,6-7,10H2,1-5H3. The topological polar surface area (TPSA) is 51.5 Å². The third kappa shape index (κ3) is 2.90. The molecule has 1 aliphatic rings. The minimum absolute atomic E-state index is 0.145. The van der Waals surface area contributed by atoms with Crippen LogP contribution in [0.3, 0.4) is 0 Å². The third-order valence-electron chi connectivity index (χ3n) is 5.07. The molecule has 2 aromatic rings. The lowest BCUT2D eigenvalue weighted by atomic mass is 10.0. The van der Waals surface area contributed by atoms with E-state index in [0.717, 1.165) is 36.1 Å². The minimum Gasteiger partial charge on any atom is -0.543 e. The van der Waals surface area contributed by atoms with E-state index in [0.29, 0.717) is 11.3 Å². The van der Waals surface area contributed by atoms with Gasteiger partial charge in [-0.15, -0.1) is 0 Å². The van der Waals surface area contributed by atoms with Crippen molar-refractivity contribution in [1.29, 1.82) is 0 Å². The Morgan fingerprint density at radius 3 is 2.70 bits per heavy atom. The van der Waals surface area contributed by atoms with Crippen LogP contribution in [0.15, 0.2) is 27.4 Å². The maximum absolute atomic E-state index is 12.1. The monoisotopic (exact) mass is 331 g/mol. The molecule has 0 atom stereocenters. The average molecular weight is 331 g/mol. The SMILES string of the molecule is CC(C)(C)[Si](C)(C)Oc1ccc2oc(=O)c3c(c2c1)CCCN3. The molecule has 3 rings (SSSR count). The molecule has 1 aromatic carbocycles. The summed E-state index contributed by atoms with van der Waals surface area (Å²) < 4.78 is 11.8. The van der Waals surface area contributed by atoms with Crippen LogP contribution < -0.4 is 15.4 Å². The lowest BCUT2D eigenvalue weighted by Crippen LogP contribution is -2.43. The van der Waals surface area contributed by atoms with E-state index >= 15 is 0 Å². The molecule has 0 bridgehead atoms. The molecule has 0 radical (unpaired) electrons. The smallest absolute Gasteiger partial charge is 0.360 e. The zero-order valence-corrected chi connectivity index (χ0v) is 15.6. The highest BCUT2D eigenvalue weighted by Crippen LogP contribution is 2.38. The van der Waals surface area contributed by atoms with Crippen LogP contribution in [0, 0.1) is 0 Å². The molecule has 0 fully saturated rings. The van der Waals surface area contributed by atoms with Gasteiger partial charge >= 0.3 is 5.63 Å². The molecular weight excluding hydrogens is 306 g/mol. The van der Waals surface area contributed by atoms with Gasteiger partial charge in [-0.3, -0.25) is 0 Å². The largest absolute Gasteiger partial charge is 0.543 e. The van der Waals surface area contributed by atoms with E-state index in [9.17, 15) is 4.79 Å². The Morgan fingerprint density at radius 2 is 2.00 bits per heavy atom. The Kier molecular flexibility index (Phi) is 3.79. The molecule has 0 saturated heterocycles. The molecule has 0 unspecified atom stereocenters. The Labute approximate surface area is 138 Å². The van der Waals surface area contributed by atoms with Crippen molar-refractivity contribution < 1.29 is 8.84 Å². The zero-order valence-electron chi connectivity index (χ0n) is 14.6. The summed E-state index contributed by atoms with van der Waals surface area (Å²) in [6.07, 6.45) is 1.92. The van der Waals surface area contributed by atoms with Crippen LogP contribution in [0.5, 0.6) is 5.75 Å². The van der Waals surface area contributed by atoms with E-state index in [4.69, 9.17) is 8.84 Å². The normalized spacial score (nSPS) is 15.2. The lowest BCUT2D eigenvalue weighted by molar-refractivity contribution is 0.492. The molecule has 1 N–H and O–H groups in total. The van der Waals surface area contributed by atoms with Gasteiger partial charge in [0.2, 0.25) is 8.32 Å². The average Bonchev–Trinajstić information content (AvgIpc) is 2.47. The third-order valence-corrected chi connectivity index (χ3v) is 9.43. The van der Waals surface area contributed by atoms with E-state index in [2.05, 4.69) is 39.2 Å². The van der Waals surface area contributed by atoms with Crippen LogP contribution in [0.2, 0.25) is 18.1 Å². The van der Waals surface area contributed by atoms with Crippen LogP contribution >= 0.6 is 0 Å². The van der Waals surface area contributed by atoms with Crippen molar-refractivity contribution in [2.45, 2.75) is 51.7 Å². The van der Waals surface area contributed by atoms with Crippen molar-refractivity contribution in [3.05, 3.63) is 34.2 Å². The van der Waals surface area contributed by atoms with Gasteiger partial charge in [-0.05, 0) is 54.7 Å². The van der Waals surface area contributed by atoms with Gasteiger partial charge < -0.3 is 14.2 Å². The van der Waals surface area contributed by atoms with Crippen LogP contribution in [0.4, 0.5) is 5.69 Å². The first-order valence-corrected chi connectivity index (χ1v) is 11.1. The number of hydrogen-bond acceptors (Lipinski definition) is 4. The maximum Gasteiger partial charge on any atom is 0.360 e. The fraction of sp³-hybridized carbons (Fsp3) is 0.500. The van der Waals surface area contributed by atoms with Crippen molar-refractivity contribution in [1.82, 2.24) is 0 Å². The molecule has 4 nitrogen and oxygen atoms in total. The lowest BCUT2D eigenvalue weighted by Gasteiger charge is -2.36. The summed E-state index contributed by atoms with van der Waals surface area (Å²) in [5.41, 5.74) is 2.04. The molecule has 0 saturated carbocycles. The summed E-state index contributed by atoms with van der Waals surface area (Å²) >= 11 is 0. The second-order valence-corrected chi connectivity index (χ2v) is 12.5. The van der Waals surface area contributed by atoms with Crippen molar-refractivity contribution >= 4 is 25.0 Å². The quantitative estimate of drug-likeness (QED) is 0.648. The van der Waals surface area contributed by atoms with Crippen molar-refractivity contribution in [3.63, 3.8) is 0 Å². The maximum atomic E-state index is 12.1. The molecular formula is C18H25NO3Si. The molecule has 1 aromatic heterocycles. The molecule has 124 valence electrons. The van der Waals surface area contributed by atoms with Gasteiger partial charge in [0, 0.05) is 11.9 Å². The zero-order chi connectivity index (χ0) is 16.8. The van der Waals surface area contributed by atoms with Gasteiger partial charge in [-0.1, -0.05) is 20.8 Å². The number of benzene rings is 1. The predicted octanol–water partition coefficient (Wildman–Crippen LogP) is 4.54. The fourth-order valence-electron chi connectivity index (χ4n) is 2.67. The summed E-state index contributed by atoms with van der Waals surface area (Å²) in [4.78, 5) is 12.1. The highest BCUT2D eigenvalue weighted by molar-refractivity contribution is 6.74. The fourth-order valence-corrected chi connectivity index (χ4v) is 3.69. The Morgan fingerprint density at radius 1 is 1.26 bits per heavy atom. The van der Waals surface area contributed by atoms with E-state index < -0.39 is 8.32 Å². The molecule has 1 aliphatic heterocycles. The van der Waals surface area contributed by atoms with Crippen LogP contribution in [0.1, 0.15) is 32.8 Å². The number of hydrogen-bond donors (Lipinski definition) is 1. The van der Waals surface area contributed by atoms with Crippen molar-refractivity contribution in [2.24, 2.45) is 0 Å². The first-order valence-electron chi connectivity index (χ1n) is 8.22. The first-order chi connectivity index (χ1) is 10.7. The van der Waals surface area contributed by atoms with E-state index in [-0.39, 0.29) is 10.7 Å². The second-order valence-electron chi connectivity index (χ2n) is 7.79. The van der Waals surface area contributed by atoms with Crippen molar-refractivity contribution in [3.8, 4) is 5.75 Å². The Balaban J connectivity index is 2.09. The summed E-state index contributed by atoms with van der Waals surface area (Å²) in [6.45, 7) is 12.0. The molecule has 23 heavy (non-hydrogen) atoms. The van der Waals surface area contributed by atoms with Crippen LogP contribution in [-0.4, -0.2) is 14.9 Å². The second kappa shape index (κ2) is 5.41. The van der Waals surface area contributed by atoms with Crippen LogP contribution in [-0.2, 0) is 6.42 Å². The summed E-state index contributed by atoms with van der Waals surface area (Å²) in [6, 6.07) is 5.80. The van der Waals surface area contributed by atoms with Gasteiger partial charge in [0.25, 0.3) is 0 Å². The van der Waals surface area contributed by atoms with Gasteiger partial charge in [-0.2, -0.15) is 0 Å². The molecule has 0 amide bonds. The minimum atomic E-state index is -1.89. The molecule has 0 aliphatic carbocycles. The summed E-state index contributed by atoms with van der Waals surface area (Å²) in [5, 5.41) is 4.31. The van der Waals surface area contributed by atoms with Crippen molar-refractivity contribution in [2.75, 3.05) is 11.9 Å². The van der Waals surface area contributed by atoms with E-state index in [1.807, 2.05) is 18.2 Å². The Hall–Kier alpha value is -1.75. The number of aryl methyl sites for hydroxylation is 1. The highest BCUT2D eigenvalue weighted by Gasteiger charge is 2.39. The number of rotatable bonds is 2. The summed E-state index contributed by atoms with van der Waals surface area (Å²) in [5.74, 6) is 0.866. The number of nitrogens with one attached hydrogen (secondary N) is 1. The van der Waals surface area contributed by atoms with Crippen LogP contribution in [0.25, 0.3) is 11.0 Å².